The van der Waals surface area contributed by atoms with Gasteiger partial charge in [0.15, 0.2) is 0 Å². The third-order valence-corrected chi connectivity index (χ3v) is 17.9. The smallest absolute Gasteiger partial charge is 0.337 e. The van der Waals surface area contributed by atoms with Gasteiger partial charge < -0.3 is 70.3 Å². The zero-order valence-electron chi connectivity index (χ0n) is 60.9. The minimum Gasteiger partial charge on any atom is -0.465 e. The summed E-state index contributed by atoms with van der Waals surface area (Å²) in [7, 11) is 7.25. The zero-order valence-corrected chi connectivity index (χ0v) is 60.9. The Morgan fingerprint density at radius 2 is 0.333 bits per heavy atom. The Kier molecular flexibility index (Phi) is 22.1. The summed E-state index contributed by atoms with van der Waals surface area (Å²) in [6.45, 7) is 0. The molecule has 0 aliphatic carbocycles. The molecule has 566 valence electrons. The second kappa shape index (κ2) is 33.1. The minimum absolute atomic E-state index is 0.00941. The average Bonchev–Trinajstić information content (AvgIpc) is 1.63. The Hall–Kier alpha value is -16.1. The first-order chi connectivity index (χ1) is 55.1. The lowest BCUT2D eigenvalue weighted by molar-refractivity contribution is 0.0592. The Bertz CT molecular complexity index is 5390. The second-order valence-electron chi connectivity index (χ2n) is 24.8. The molecule has 30 nitrogen and oxygen atoms in total. The van der Waals surface area contributed by atoms with Crippen LogP contribution < -0.4 is 31.9 Å². The van der Waals surface area contributed by atoms with E-state index in [2.05, 4.69) is 41.9 Å². The SMILES string of the molecule is COC(=O)c1ccc(C(=O)Nc2c3nc(c(NC(=O)c4ccc(C(=O)OC)cc4)c4ccc([nH]4)c(NC(=O)c4ccc(C(=O)OC)cc4)c4nc(c(NC(=O)c5ccc(C(=O)OC)cc5)c5nc(c(NC(=O)c6ccc(C(=O)OC)cc6)c6ccc([nH]6)c(NC(=O)c6ccc(C(=O)OC)cc6)c6nc2C=C6)C=C5)C=C4)C=C3)cc1. The fraction of sp³-hybridized carbons (Fsp3) is 0.0714. The number of aromatic amines is 2. The monoisotopic (exact) mass is 1530 g/mol. The van der Waals surface area contributed by atoms with Crippen molar-refractivity contribution in [3.63, 3.8) is 0 Å². The molecular formula is C84H62N12O18. The number of ether oxygens (including phenoxy) is 6. The van der Waals surface area contributed by atoms with E-state index in [9.17, 15) is 57.5 Å². The first-order valence-electron chi connectivity index (χ1n) is 34.3. The van der Waals surface area contributed by atoms with Gasteiger partial charge in [0, 0.05) is 33.4 Å². The highest BCUT2D eigenvalue weighted by Gasteiger charge is 2.26. The number of anilines is 6. The summed E-state index contributed by atoms with van der Waals surface area (Å²) in [6.07, 6.45) is 12.2. The summed E-state index contributed by atoms with van der Waals surface area (Å²) >= 11 is 0. The quantitative estimate of drug-likeness (QED) is 0.0292. The number of benzene rings is 6. The number of carbonyl (C=O) groups is 12. The Labute approximate surface area is 645 Å². The van der Waals surface area contributed by atoms with Crippen molar-refractivity contribution in [2.75, 3.05) is 74.6 Å². The number of fused-ring (bicyclic) bond motifs is 12. The van der Waals surface area contributed by atoms with Crippen LogP contribution in [0.4, 0.5) is 34.1 Å². The van der Waals surface area contributed by atoms with Crippen LogP contribution in [-0.4, -0.2) is 144 Å². The highest BCUT2D eigenvalue weighted by atomic mass is 16.5. The molecule has 0 spiro atoms. The van der Waals surface area contributed by atoms with Crippen molar-refractivity contribution in [3.05, 3.63) is 282 Å². The summed E-state index contributed by atoms with van der Waals surface area (Å²) in [4.78, 5) is 191. The summed E-state index contributed by atoms with van der Waals surface area (Å²) in [5.41, 5.74) is 1.94. The molecule has 6 aromatic carbocycles. The molecule has 9 aromatic rings. The van der Waals surface area contributed by atoms with Crippen LogP contribution in [0.1, 0.15) is 170 Å². The van der Waals surface area contributed by atoms with Crippen LogP contribution in [0.15, 0.2) is 170 Å². The highest BCUT2D eigenvalue weighted by Crippen LogP contribution is 2.37. The van der Waals surface area contributed by atoms with E-state index >= 15 is 0 Å². The number of aromatic nitrogens is 6. The first-order valence-corrected chi connectivity index (χ1v) is 34.3. The lowest BCUT2D eigenvalue weighted by Crippen LogP contribution is -2.15. The lowest BCUT2D eigenvalue weighted by Gasteiger charge is -2.10. The van der Waals surface area contributed by atoms with Gasteiger partial charge in [-0.15, -0.1) is 0 Å². The summed E-state index contributed by atoms with van der Waals surface area (Å²) in [6, 6.07) is 39.7. The molecule has 3 aromatic heterocycles. The van der Waals surface area contributed by atoms with E-state index in [4.69, 9.17) is 48.4 Å². The molecule has 0 saturated carbocycles. The Morgan fingerprint density at radius 1 is 0.202 bits per heavy atom. The summed E-state index contributed by atoms with van der Waals surface area (Å²) in [5.74, 6) is -8.31. The van der Waals surface area contributed by atoms with Gasteiger partial charge in [0.1, 0.15) is 0 Å². The fourth-order valence-corrected chi connectivity index (χ4v) is 11.9. The van der Waals surface area contributed by atoms with E-state index < -0.39 is 71.3 Å². The van der Waals surface area contributed by atoms with Gasteiger partial charge in [-0.05, 0) is 218 Å². The van der Waals surface area contributed by atoms with E-state index in [0.29, 0.717) is 0 Å². The van der Waals surface area contributed by atoms with Gasteiger partial charge >= 0.3 is 35.8 Å². The van der Waals surface area contributed by atoms with Crippen LogP contribution in [0.5, 0.6) is 0 Å². The molecule has 0 saturated heterocycles. The number of esters is 6. The van der Waals surface area contributed by atoms with Crippen LogP contribution in [0.3, 0.4) is 0 Å². The number of nitrogens with zero attached hydrogens (tertiary/aromatic N) is 4. The molecule has 4 aliphatic heterocycles. The number of methoxy groups -OCH3 is 6. The molecule has 13 rings (SSSR count). The van der Waals surface area contributed by atoms with E-state index in [0.717, 1.165) is 0 Å². The number of H-pyrrole nitrogens is 2. The molecule has 8 N–H and O–H groups in total. The molecule has 0 unspecified atom stereocenters. The number of hydrogen-bond acceptors (Lipinski definition) is 22. The van der Waals surface area contributed by atoms with Gasteiger partial charge in [-0.25, -0.2) is 48.7 Å². The number of amides is 6. The van der Waals surface area contributed by atoms with Gasteiger partial charge in [0.05, 0.1) is 178 Å². The van der Waals surface area contributed by atoms with Gasteiger partial charge in [0.25, 0.3) is 35.4 Å². The van der Waals surface area contributed by atoms with Crippen molar-refractivity contribution in [2.24, 2.45) is 0 Å². The fourth-order valence-electron chi connectivity index (χ4n) is 11.9. The maximum atomic E-state index is 14.8. The average molecular weight is 1530 g/mol. The zero-order chi connectivity index (χ0) is 80.4. The maximum absolute atomic E-state index is 14.8. The molecule has 4 aliphatic rings. The Balaban J connectivity index is 1.12. The van der Waals surface area contributed by atoms with Crippen molar-refractivity contribution >= 4 is 176 Å². The third kappa shape index (κ3) is 16.3. The normalized spacial score (nSPS) is 11.4. The van der Waals surface area contributed by atoms with Gasteiger partial charge in [0.2, 0.25) is 0 Å². The Morgan fingerprint density at radius 3 is 0.482 bits per heavy atom. The summed E-state index contributed by atoms with van der Waals surface area (Å²) < 4.78 is 29.4. The minimum atomic E-state index is -0.728. The van der Waals surface area contributed by atoms with Crippen molar-refractivity contribution in [1.82, 2.24) is 29.9 Å². The molecule has 7 heterocycles. The topological polar surface area (TPSA) is 416 Å². The predicted octanol–water partition coefficient (Wildman–Crippen LogP) is 12.9. The predicted molar refractivity (Wildman–Crippen MR) is 422 cm³/mol. The molecule has 6 amide bonds. The van der Waals surface area contributed by atoms with Crippen LogP contribution >= 0.6 is 0 Å². The van der Waals surface area contributed by atoms with E-state index in [1.807, 2.05) is 0 Å². The van der Waals surface area contributed by atoms with Crippen molar-refractivity contribution in [2.45, 2.75) is 0 Å². The molecule has 0 atom stereocenters. The first kappa shape index (κ1) is 76.1. The highest BCUT2D eigenvalue weighted by molar-refractivity contribution is 6.15. The number of nitrogens with one attached hydrogen (secondary N) is 8. The van der Waals surface area contributed by atoms with E-state index in [1.54, 1.807) is 24.3 Å². The van der Waals surface area contributed by atoms with Crippen LogP contribution in [0, 0.1) is 0 Å². The molecule has 0 fully saturated rings. The third-order valence-electron chi connectivity index (χ3n) is 17.9. The van der Waals surface area contributed by atoms with Crippen molar-refractivity contribution in [3.8, 4) is 0 Å². The largest absolute Gasteiger partial charge is 0.465 e. The molecule has 30 heteroatoms. The molecule has 0 radical (unpaired) electrons. The molecule has 12 bridgehead atoms. The maximum Gasteiger partial charge on any atom is 0.337 e. The summed E-state index contributed by atoms with van der Waals surface area (Å²) in [5, 5.41) is 17.7. The van der Waals surface area contributed by atoms with E-state index in [1.165, 1.54) is 237 Å². The second-order valence-corrected chi connectivity index (χ2v) is 24.8. The van der Waals surface area contributed by atoms with Gasteiger partial charge in [-0.2, -0.15) is 0 Å². The van der Waals surface area contributed by atoms with Crippen molar-refractivity contribution in [1.29, 1.82) is 0 Å². The number of rotatable bonds is 18. The molecular weight excluding hydrogens is 1460 g/mol. The van der Waals surface area contributed by atoms with Crippen LogP contribution in [0.2, 0.25) is 0 Å². The number of hydrogen-bond donors (Lipinski definition) is 8. The van der Waals surface area contributed by atoms with Crippen LogP contribution in [-0.2, 0) is 28.4 Å². The van der Waals surface area contributed by atoms with Gasteiger partial charge in [-0.3, -0.25) is 28.8 Å². The van der Waals surface area contributed by atoms with E-state index in [-0.39, 0.29) is 169 Å². The number of carbonyl (C=O) groups excluding carboxylic acids is 12. The van der Waals surface area contributed by atoms with Crippen LogP contribution in [0.25, 0.3) is 70.7 Å². The lowest BCUT2D eigenvalue weighted by atomic mass is 10.1. The standard InChI is InChI=1S/C84H62N12O18/c1-109-79(103)49-19-7-43(8-20-49)73(97)91-67-55-31-33-57(85-55)68(92-74(98)44-9-21-50(22-10-44)80(104)110-2)59-35-37-61(87-59)70(94-76(100)46-13-25-52(26-14-46)82(106)112-4)63-39-41-65(89-63)72(96-78(102)48-17-29-54(30-18-48)84(108)114-6)66-42-40-64(90-66)71(95-77(101)47-15-27-53(28-16-47)83(107)113-5)62-38-36-60(88-62)69(58-34-32-56(67)86-58)93-75(99)45-11-23-51(24-12-45)81(105)111-3/h7-42,85,90H,1-6H3,(H,91,97)(H,92,98)(H,93,99)(H,94,100)(H,95,101)(H,96,102). The van der Waals surface area contributed by atoms with Crippen molar-refractivity contribution < 1.29 is 86.0 Å². The van der Waals surface area contributed by atoms with Gasteiger partial charge in [-0.1, -0.05) is 0 Å². The molecule has 114 heavy (non-hydrogen) atoms.